The van der Waals surface area contributed by atoms with Crippen molar-refractivity contribution < 1.29 is 4.79 Å². The highest BCUT2D eigenvalue weighted by molar-refractivity contribution is 7.99. The Kier molecular flexibility index (Phi) is 5.66. The maximum atomic E-state index is 12.3. The van der Waals surface area contributed by atoms with E-state index in [1.807, 2.05) is 19.9 Å². The molecule has 1 aromatic carbocycles. The van der Waals surface area contributed by atoms with E-state index in [0.29, 0.717) is 13.1 Å². The molecule has 5 heteroatoms. The van der Waals surface area contributed by atoms with Crippen LogP contribution in [-0.2, 0) is 6.42 Å². The number of carbonyl (C=O) groups excluding carboxylic acids is 1. The van der Waals surface area contributed by atoms with Gasteiger partial charge in [0, 0.05) is 24.2 Å². The Balaban J connectivity index is 2.21. The minimum Gasteiger partial charge on any atom is -0.323 e. The minimum absolute atomic E-state index is 0.0719. The van der Waals surface area contributed by atoms with Gasteiger partial charge in [0.1, 0.15) is 5.03 Å². The zero-order valence-corrected chi connectivity index (χ0v) is 14.5. The molecule has 0 spiro atoms. The third kappa shape index (κ3) is 3.53. The zero-order valence-electron chi connectivity index (χ0n) is 13.7. The van der Waals surface area contributed by atoms with Gasteiger partial charge in [-0.1, -0.05) is 36.9 Å². The van der Waals surface area contributed by atoms with Crippen LogP contribution in [0, 0.1) is 6.92 Å². The van der Waals surface area contributed by atoms with Gasteiger partial charge in [-0.2, -0.15) is 9.78 Å². The first kappa shape index (κ1) is 16.6. The van der Waals surface area contributed by atoms with Crippen molar-refractivity contribution in [2.45, 2.75) is 44.0 Å². The lowest BCUT2D eigenvalue weighted by Gasteiger charge is -2.17. The SMILES string of the molecule is CCc1cccc(C)c1Sc1ccn(C(=O)N(CC)CC)n1. The predicted molar refractivity (Wildman–Crippen MR) is 90.6 cm³/mol. The highest BCUT2D eigenvalue weighted by atomic mass is 32.2. The van der Waals surface area contributed by atoms with E-state index in [1.165, 1.54) is 20.7 Å². The summed E-state index contributed by atoms with van der Waals surface area (Å²) in [6.45, 7) is 9.59. The van der Waals surface area contributed by atoms with Crippen LogP contribution in [0.15, 0.2) is 40.4 Å². The van der Waals surface area contributed by atoms with Crippen LogP contribution in [0.25, 0.3) is 0 Å². The number of amides is 1. The lowest BCUT2D eigenvalue weighted by Crippen LogP contribution is -2.34. The standard InChI is InChI=1S/C17H23N3OS/c1-5-14-10-8-9-13(4)16(14)22-15-11-12-20(18-15)17(21)19(6-2)7-3/h8-12H,5-7H2,1-4H3. The molecule has 1 aromatic heterocycles. The Hall–Kier alpha value is -1.75. The first-order valence-electron chi connectivity index (χ1n) is 7.71. The number of carbonyl (C=O) groups is 1. The average molecular weight is 317 g/mol. The number of rotatable bonds is 5. The molecule has 0 aliphatic carbocycles. The summed E-state index contributed by atoms with van der Waals surface area (Å²) >= 11 is 1.63. The summed E-state index contributed by atoms with van der Waals surface area (Å²) in [6, 6.07) is 8.17. The van der Waals surface area contributed by atoms with E-state index in [-0.39, 0.29) is 6.03 Å². The molecule has 2 aromatic rings. The lowest BCUT2D eigenvalue weighted by atomic mass is 10.1. The highest BCUT2D eigenvalue weighted by Crippen LogP contribution is 2.32. The Morgan fingerprint density at radius 3 is 2.59 bits per heavy atom. The molecule has 0 aliphatic rings. The Morgan fingerprint density at radius 2 is 1.95 bits per heavy atom. The van der Waals surface area contributed by atoms with E-state index in [4.69, 9.17) is 0 Å². The van der Waals surface area contributed by atoms with Gasteiger partial charge in [0.15, 0.2) is 0 Å². The number of aromatic nitrogens is 2. The fourth-order valence-corrected chi connectivity index (χ4v) is 3.39. The molecule has 0 unspecified atom stereocenters. The molecule has 0 saturated carbocycles. The van der Waals surface area contributed by atoms with Gasteiger partial charge in [-0.3, -0.25) is 0 Å². The molecule has 2 rings (SSSR count). The van der Waals surface area contributed by atoms with Gasteiger partial charge in [-0.15, -0.1) is 0 Å². The summed E-state index contributed by atoms with van der Waals surface area (Å²) in [5.74, 6) is 0. The van der Waals surface area contributed by atoms with Crippen LogP contribution in [0.4, 0.5) is 4.79 Å². The average Bonchev–Trinajstić information content (AvgIpc) is 2.99. The van der Waals surface area contributed by atoms with Crippen LogP contribution in [0.1, 0.15) is 31.9 Å². The van der Waals surface area contributed by atoms with E-state index in [1.54, 1.807) is 22.9 Å². The second-order valence-corrected chi connectivity index (χ2v) is 6.10. The van der Waals surface area contributed by atoms with Crippen LogP contribution >= 0.6 is 11.8 Å². The topological polar surface area (TPSA) is 38.1 Å². The van der Waals surface area contributed by atoms with Crippen molar-refractivity contribution >= 4 is 17.8 Å². The Labute approximate surface area is 136 Å². The fourth-order valence-electron chi connectivity index (χ4n) is 2.35. The monoisotopic (exact) mass is 317 g/mol. The molecule has 0 radical (unpaired) electrons. The summed E-state index contributed by atoms with van der Waals surface area (Å²) < 4.78 is 1.43. The van der Waals surface area contributed by atoms with Crippen molar-refractivity contribution in [2.75, 3.05) is 13.1 Å². The van der Waals surface area contributed by atoms with Crippen molar-refractivity contribution in [1.82, 2.24) is 14.7 Å². The van der Waals surface area contributed by atoms with Gasteiger partial charge in [0.25, 0.3) is 0 Å². The summed E-state index contributed by atoms with van der Waals surface area (Å²) in [5.41, 5.74) is 2.56. The zero-order chi connectivity index (χ0) is 16.1. The van der Waals surface area contributed by atoms with Crippen molar-refractivity contribution in [3.8, 4) is 0 Å². The molecule has 118 valence electrons. The summed E-state index contributed by atoms with van der Waals surface area (Å²) in [5, 5.41) is 5.28. The largest absolute Gasteiger partial charge is 0.344 e. The second-order valence-electron chi connectivity index (χ2n) is 5.07. The van der Waals surface area contributed by atoms with Crippen LogP contribution in [-0.4, -0.2) is 33.8 Å². The molecule has 0 aliphatic heterocycles. The second kappa shape index (κ2) is 7.49. The highest BCUT2D eigenvalue weighted by Gasteiger charge is 2.14. The molecule has 0 atom stereocenters. The van der Waals surface area contributed by atoms with E-state index in [2.05, 4.69) is 37.1 Å². The molecular formula is C17H23N3OS. The van der Waals surface area contributed by atoms with Gasteiger partial charge in [-0.05, 0) is 44.4 Å². The molecular weight excluding hydrogens is 294 g/mol. The van der Waals surface area contributed by atoms with E-state index in [9.17, 15) is 4.79 Å². The van der Waals surface area contributed by atoms with Crippen molar-refractivity contribution in [3.63, 3.8) is 0 Å². The van der Waals surface area contributed by atoms with Crippen molar-refractivity contribution in [1.29, 1.82) is 0 Å². The fraction of sp³-hybridized carbons (Fsp3) is 0.412. The van der Waals surface area contributed by atoms with Gasteiger partial charge < -0.3 is 4.90 Å². The maximum absolute atomic E-state index is 12.3. The first-order chi connectivity index (χ1) is 10.6. The molecule has 1 heterocycles. The van der Waals surface area contributed by atoms with Crippen molar-refractivity contribution in [2.24, 2.45) is 0 Å². The summed E-state index contributed by atoms with van der Waals surface area (Å²) in [4.78, 5) is 15.3. The molecule has 0 bridgehead atoms. The van der Waals surface area contributed by atoms with E-state index in [0.717, 1.165) is 11.4 Å². The quantitative estimate of drug-likeness (QED) is 0.829. The van der Waals surface area contributed by atoms with Gasteiger partial charge in [0.05, 0.1) is 0 Å². The number of hydrogen-bond donors (Lipinski definition) is 0. The maximum Gasteiger partial charge on any atom is 0.344 e. The molecule has 0 fully saturated rings. The van der Waals surface area contributed by atoms with Gasteiger partial charge >= 0.3 is 6.03 Å². The van der Waals surface area contributed by atoms with Crippen LogP contribution in [0.2, 0.25) is 0 Å². The van der Waals surface area contributed by atoms with Crippen LogP contribution in [0.3, 0.4) is 0 Å². The Bertz CT molecular complexity index is 647. The lowest BCUT2D eigenvalue weighted by molar-refractivity contribution is 0.201. The van der Waals surface area contributed by atoms with Crippen molar-refractivity contribution in [3.05, 3.63) is 41.6 Å². The molecule has 4 nitrogen and oxygen atoms in total. The Morgan fingerprint density at radius 1 is 1.23 bits per heavy atom. The summed E-state index contributed by atoms with van der Waals surface area (Å²) in [7, 11) is 0. The first-order valence-corrected chi connectivity index (χ1v) is 8.53. The van der Waals surface area contributed by atoms with Crippen LogP contribution < -0.4 is 0 Å². The predicted octanol–water partition coefficient (Wildman–Crippen LogP) is 4.22. The number of benzene rings is 1. The minimum atomic E-state index is -0.0719. The third-order valence-electron chi connectivity index (χ3n) is 3.68. The molecule has 0 saturated heterocycles. The smallest absolute Gasteiger partial charge is 0.323 e. The van der Waals surface area contributed by atoms with E-state index < -0.39 is 0 Å². The molecule has 0 N–H and O–H groups in total. The number of nitrogens with zero attached hydrogens (tertiary/aromatic N) is 3. The number of hydrogen-bond acceptors (Lipinski definition) is 3. The van der Waals surface area contributed by atoms with Crippen LogP contribution in [0.5, 0.6) is 0 Å². The summed E-state index contributed by atoms with van der Waals surface area (Å²) in [6.07, 6.45) is 2.73. The normalized spacial score (nSPS) is 10.7. The number of aryl methyl sites for hydroxylation is 2. The molecule has 22 heavy (non-hydrogen) atoms. The van der Waals surface area contributed by atoms with Gasteiger partial charge in [-0.25, -0.2) is 4.79 Å². The third-order valence-corrected chi connectivity index (χ3v) is 4.89. The molecule has 1 amide bonds. The van der Waals surface area contributed by atoms with Gasteiger partial charge in [0.2, 0.25) is 0 Å². The van der Waals surface area contributed by atoms with E-state index >= 15 is 0 Å².